The summed E-state index contributed by atoms with van der Waals surface area (Å²) in [7, 11) is 0. The number of benzene rings is 2. The lowest BCUT2D eigenvalue weighted by Gasteiger charge is -2.13. The summed E-state index contributed by atoms with van der Waals surface area (Å²) in [6, 6.07) is 13.4. The van der Waals surface area contributed by atoms with Crippen molar-refractivity contribution in [2.24, 2.45) is 0 Å². The quantitative estimate of drug-likeness (QED) is 0.557. The monoisotopic (exact) mass is 378 g/mol. The lowest BCUT2D eigenvalue weighted by molar-refractivity contribution is -0.118. The third-order valence-corrected chi connectivity index (χ3v) is 4.33. The van der Waals surface area contributed by atoms with Crippen LogP contribution < -0.4 is 14.8 Å². The van der Waals surface area contributed by atoms with E-state index >= 15 is 0 Å². The molecule has 5 heteroatoms. The smallest absolute Gasteiger partial charge is 0.262 e. The molecule has 0 saturated carbocycles. The van der Waals surface area contributed by atoms with Crippen LogP contribution >= 0.6 is 0 Å². The Morgan fingerprint density at radius 3 is 2.61 bits per heavy atom. The molecular formula is C23H26N2O3. The normalized spacial score (nSPS) is 10.7. The molecule has 3 aromatic rings. The molecule has 0 fully saturated rings. The third-order valence-electron chi connectivity index (χ3n) is 4.33. The van der Waals surface area contributed by atoms with Gasteiger partial charge in [-0.05, 0) is 67.8 Å². The lowest BCUT2D eigenvalue weighted by Crippen LogP contribution is -2.20. The van der Waals surface area contributed by atoms with Gasteiger partial charge in [0.15, 0.2) is 6.61 Å². The lowest BCUT2D eigenvalue weighted by atomic mass is 10.1. The van der Waals surface area contributed by atoms with E-state index in [0.29, 0.717) is 18.0 Å². The number of hydrogen-bond donors (Lipinski definition) is 1. The molecule has 1 aromatic heterocycles. The van der Waals surface area contributed by atoms with Gasteiger partial charge >= 0.3 is 0 Å². The van der Waals surface area contributed by atoms with Crippen LogP contribution in [-0.2, 0) is 4.79 Å². The summed E-state index contributed by atoms with van der Waals surface area (Å²) < 4.78 is 11.5. The van der Waals surface area contributed by atoms with Crippen LogP contribution in [0.1, 0.15) is 30.9 Å². The van der Waals surface area contributed by atoms with Gasteiger partial charge in [0, 0.05) is 11.6 Å². The second kappa shape index (κ2) is 9.22. The van der Waals surface area contributed by atoms with Crippen molar-refractivity contribution in [3.63, 3.8) is 0 Å². The Kier molecular flexibility index (Phi) is 6.48. The highest BCUT2D eigenvalue weighted by molar-refractivity contribution is 6.03. The zero-order chi connectivity index (χ0) is 19.9. The Balaban J connectivity index is 1.71. The first kappa shape index (κ1) is 19.7. The summed E-state index contributed by atoms with van der Waals surface area (Å²) in [6.45, 7) is 6.72. The minimum atomic E-state index is -0.219. The number of aromatic nitrogens is 1. The third kappa shape index (κ3) is 5.00. The van der Waals surface area contributed by atoms with Gasteiger partial charge in [-0.1, -0.05) is 19.4 Å². The number of carbonyl (C=O) groups excluding carboxylic acids is 1. The fourth-order valence-electron chi connectivity index (χ4n) is 3.05. The first-order valence-corrected chi connectivity index (χ1v) is 9.58. The summed E-state index contributed by atoms with van der Waals surface area (Å²) in [6.07, 6.45) is 3.78. The molecule has 0 aliphatic rings. The maximum absolute atomic E-state index is 12.4. The Bertz CT molecular complexity index is 949. The molecule has 0 unspecified atom stereocenters. The average Bonchev–Trinajstić information content (AvgIpc) is 2.67. The summed E-state index contributed by atoms with van der Waals surface area (Å²) in [5, 5.41) is 3.76. The Hall–Kier alpha value is -3.08. The highest BCUT2D eigenvalue weighted by Crippen LogP contribution is 2.30. The minimum absolute atomic E-state index is 0.0562. The molecular weight excluding hydrogens is 352 g/mol. The number of anilines is 1. The molecule has 0 bridgehead atoms. The predicted octanol–water partition coefficient (Wildman–Crippen LogP) is 5.05. The first-order chi connectivity index (χ1) is 13.6. The molecule has 1 heterocycles. The molecule has 0 spiro atoms. The number of ether oxygens (including phenoxy) is 2. The van der Waals surface area contributed by atoms with Crippen LogP contribution in [0.4, 0.5) is 5.69 Å². The molecule has 3 rings (SSSR count). The second-order valence-electron chi connectivity index (χ2n) is 6.87. The van der Waals surface area contributed by atoms with Gasteiger partial charge in [0.25, 0.3) is 5.91 Å². The van der Waals surface area contributed by atoms with Gasteiger partial charge in [0.05, 0.1) is 12.3 Å². The number of hydrogen-bond acceptors (Lipinski definition) is 4. The maximum atomic E-state index is 12.4. The van der Waals surface area contributed by atoms with E-state index in [4.69, 9.17) is 9.47 Å². The van der Waals surface area contributed by atoms with Gasteiger partial charge in [0.2, 0.25) is 0 Å². The molecule has 1 N–H and O–H groups in total. The Labute approximate surface area is 165 Å². The van der Waals surface area contributed by atoms with E-state index in [9.17, 15) is 4.79 Å². The molecule has 0 radical (unpaired) electrons. The van der Waals surface area contributed by atoms with Crippen molar-refractivity contribution < 1.29 is 14.3 Å². The number of amides is 1. The second-order valence-corrected chi connectivity index (χ2v) is 6.87. The SMILES string of the molecule is CCCCOc1ccc(NC(=O)COc2cc(C)cc(C)c2)c2cccnc12. The molecule has 0 aliphatic carbocycles. The van der Waals surface area contributed by atoms with Crippen molar-refractivity contribution >= 4 is 22.5 Å². The van der Waals surface area contributed by atoms with Gasteiger partial charge in [0.1, 0.15) is 17.0 Å². The van der Waals surface area contributed by atoms with Gasteiger partial charge in [-0.25, -0.2) is 0 Å². The number of fused-ring (bicyclic) bond motifs is 1. The number of nitrogens with zero attached hydrogens (tertiary/aromatic N) is 1. The van der Waals surface area contributed by atoms with Gasteiger partial charge in [-0.2, -0.15) is 0 Å². The van der Waals surface area contributed by atoms with Crippen LogP contribution in [0, 0.1) is 13.8 Å². The fraction of sp³-hybridized carbons (Fsp3) is 0.304. The van der Waals surface area contributed by atoms with Crippen molar-refractivity contribution in [3.05, 3.63) is 59.8 Å². The zero-order valence-electron chi connectivity index (χ0n) is 16.6. The van der Waals surface area contributed by atoms with E-state index in [0.717, 1.165) is 40.6 Å². The van der Waals surface area contributed by atoms with E-state index in [-0.39, 0.29) is 12.5 Å². The molecule has 146 valence electrons. The highest BCUT2D eigenvalue weighted by Gasteiger charge is 2.11. The number of unbranched alkanes of at least 4 members (excludes halogenated alkanes) is 1. The summed E-state index contributed by atoms with van der Waals surface area (Å²) >= 11 is 0. The van der Waals surface area contributed by atoms with E-state index < -0.39 is 0 Å². The summed E-state index contributed by atoms with van der Waals surface area (Å²) in [5.74, 6) is 1.20. The van der Waals surface area contributed by atoms with Crippen molar-refractivity contribution in [1.29, 1.82) is 0 Å². The van der Waals surface area contributed by atoms with Gasteiger partial charge < -0.3 is 14.8 Å². The number of aryl methyl sites for hydroxylation is 2. The van der Waals surface area contributed by atoms with Crippen molar-refractivity contribution in [1.82, 2.24) is 4.98 Å². The number of carbonyl (C=O) groups is 1. The molecule has 0 aliphatic heterocycles. The van der Waals surface area contributed by atoms with Crippen molar-refractivity contribution in [2.45, 2.75) is 33.6 Å². The van der Waals surface area contributed by atoms with E-state index in [1.54, 1.807) is 6.20 Å². The van der Waals surface area contributed by atoms with Crippen LogP contribution in [0.25, 0.3) is 10.9 Å². The van der Waals surface area contributed by atoms with E-state index in [1.165, 1.54) is 0 Å². The van der Waals surface area contributed by atoms with Crippen LogP contribution in [0.3, 0.4) is 0 Å². The van der Waals surface area contributed by atoms with Crippen molar-refractivity contribution in [3.8, 4) is 11.5 Å². The van der Waals surface area contributed by atoms with Crippen LogP contribution in [0.5, 0.6) is 11.5 Å². The molecule has 0 saturated heterocycles. The number of pyridine rings is 1. The Morgan fingerprint density at radius 2 is 1.86 bits per heavy atom. The van der Waals surface area contributed by atoms with Crippen LogP contribution in [-0.4, -0.2) is 24.1 Å². The minimum Gasteiger partial charge on any atom is -0.491 e. The standard InChI is InChI=1S/C23H26N2O3/c1-4-5-11-27-21-9-8-20(19-7-6-10-24-23(19)21)25-22(26)15-28-18-13-16(2)12-17(3)14-18/h6-10,12-14H,4-5,11,15H2,1-3H3,(H,25,26). The largest absolute Gasteiger partial charge is 0.491 e. The fourth-order valence-corrected chi connectivity index (χ4v) is 3.05. The van der Waals surface area contributed by atoms with Crippen LogP contribution in [0.2, 0.25) is 0 Å². The average molecular weight is 378 g/mol. The van der Waals surface area contributed by atoms with Crippen LogP contribution in [0.15, 0.2) is 48.7 Å². The molecule has 5 nitrogen and oxygen atoms in total. The first-order valence-electron chi connectivity index (χ1n) is 9.58. The maximum Gasteiger partial charge on any atom is 0.262 e. The number of nitrogens with one attached hydrogen (secondary N) is 1. The predicted molar refractivity (Wildman–Crippen MR) is 112 cm³/mol. The van der Waals surface area contributed by atoms with Gasteiger partial charge in [-0.15, -0.1) is 0 Å². The highest BCUT2D eigenvalue weighted by atomic mass is 16.5. The molecule has 0 atom stereocenters. The molecule has 1 amide bonds. The zero-order valence-corrected chi connectivity index (χ0v) is 16.6. The number of rotatable bonds is 8. The summed E-state index contributed by atoms with van der Waals surface area (Å²) in [4.78, 5) is 16.8. The van der Waals surface area contributed by atoms with E-state index in [2.05, 4.69) is 23.3 Å². The Morgan fingerprint density at radius 1 is 1.07 bits per heavy atom. The van der Waals surface area contributed by atoms with Crippen molar-refractivity contribution in [2.75, 3.05) is 18.5 Å². The molecule has 28 heavy (non-hydrogen) atoms. The topological polar surface area (TPSA) is 60.5 Å². The summed E-state index contributed by atoms with van der Waals surface area (Å²) in [5.41, 5.74) is 3.64. The van der Waals surface area contributed by atoms with E-state index in [1.807, 2.05) is 50.2 Å². The van der Waals surface area contributed by atoms with Gasteiger partial charge in [-0.3, -0.25) is 9.78 Å². The molecule has 2 aromatic carbocycles.